The van der Waals surface area contributed by atoms with Crippen LogP contribution in [0.5, 0.6) is 0 Å². The average molecular weight is 208 g/mol. The molecule has 0 amide bonds. The zero-order chi connectivity index (χ0) is 11.3. The lowest BCUT2D eigenvalue weighted by molar-refractivity contribution is 0.633. The maximum atomic E-state index is 5.49. The van der Waals surface area contributed by atoms with Gasteiger partial charge in [0, 0.05) is 32.0 Å². The van der Waals surface area contributed by atoms with Crippen molar-refractivity contribution < 1.29 is 0 Å². The zero-order valence-corrected chi connectivity index (χ0v) is 9.77. The summed E-state index contributed by atoms with van der Waals surface area (Å²) in [5, 5.41) is 0. The number of hydrogen-bond donors (Lipinski definition) is 1. The van der Waals surface area contributed by atoms with Gasteiger partial charge in [0.1, 0.15) is 0 Å². The lowest BCUT2D eigenvalue weighted by Crippen LogP contribution is -2.26. The van der Waals surface area contributed by atoms with Crippen molar-refractivity contribution in [1.82, 2.24) is 9.97 Å². The first-order valence-corrected chi connectivity index (χ1v) is 5.36. The van der Waals surface area contributed by atoms with Crippen LogP contribution in [0.15, 0.2) is 12.3 Å². The Hall–Kier alpha value is -1.16. The van der Waals surface area contributed by atoms with Crippen molar-refractivity contribution in [2.75, 3.05) is 25.0 Å². The van der Waals surface area contributed by atoms with Crippen LogP contribution < -0.4 is 10.6 Å². The molecule has 4 heteroatoms. The molecule has 84 valence electrons. The largest absolute Gasteiger partial charge is 0.343 e. The minimum absolute atomic E-state index is 0.618. The third-order valence-electron chi connectivity index (χ3n) is 2.12. The van der Waals surface area contributed by atoms with E-state index in [1.54, 1.807) is 0 Å². The molecule has 1 aromatic rings. The van der Waals surface area contributed by atoms with Gasteiger partial charge in [0.25, 0.3) is 0 Å². The van der Waals surface area contributed by atoms with E-state index in [0.29, 0.717) is 12.5 Å². The second kappa shape index (κ2) is 5.66. The maximum absolute atomic E-state index is 5.49. The highest BCUT2D eigenvalue weighted by Gasteiger charge is 2.05. The molecule has 15 heavy (non-hydrogen) atoms. The summed E-state index contributed by atoms with van der Waals surface area (Å²) in [5.74, 6) is 1.38. The second-order valence-electron chi connectivity index (χ2n) is 4.16. The summed E-state index contributed by atoms with van der Waals surface area (Å²) in [6.45, 7) is 5.77. The predicted octanol–water partition coefficient (Wildman–Crippen LogP) is 1.07. The molecule has 0 fully saturated rings. The molecule has 0 atom stereocenters. The number of anilines is 1. The van der Waals surface area contributed by atoms with Gasteiger partial charge in [0.05, 0.1) is 0 Å². The molecule has 0 radical (unpaired) electrons. The monoisotopic (exact) mass is 208 g/mol. The van der Waals surface area contributed by atoms with Gasteiger partial charge in [-0.25, -0.2) is 9.97 Å². The Kier molecular flexibility index (Phi) is 4.49. The van der Waals surface area contributed by atoms with Crippen molar-refractivity contribution in [3.8, 4) is 0 Å². The van der Waals surface area contributed by atoms with E-state index in [9.17, 15) is 0 Å². The summed E-state index contributed by atoms with van der Waals surface area (Å²) in [6, 6.07) is 1.97. The van der Waals surface area contributed by atoms with Gasteiger partial charge in [0.15, 0.2) is 0 Å². The van der Waals surface area contributed by atoms with E-state index in [1.807, 2.05) is 24.2 Å². The first kappa shape index (κ1) is 11.9. The van der Waals surface area contributed by atoms with Gasteiger partial charge in [-0.2, -0.15) is 0 Å². The molecule has 0 spiro atoms. The van der Waals surface area contributed by atoms with Crippen molar-refractivity contribution in [2.24, 2.45) is 11.7 Å². The van der Waals surface area contributed by atoms with Crippen molar-refractivity contribution in [3.63, 3.8) is 0 Å². The average Bonchev–Trinajstić information content (AvgIpc) is 2.17. The highest BCUT2D eigenvalue weighted by atomic mass is 15.2. The van der Waals surface area contributed by atoms with E-state index in [-0.39, 0.29) is 0 Å². The van der Waals surface area contributed by atoms with Crippen molar-refractivity contribution >= 4 is 5.95 Å². The predicted molar refractivity (Wildman–Crippen MR) is 62.9 cm³/mol. The Morgan fingerprint density at radius 1 is 1.47 bits per heavy atom. The normalized spacial score (nSPS) is 10.7. The molecule has 0 aliphatic rings. The van der Waals surface area contributed by atoms with E-state index < -0.39 is 0 Å². The van der Waals surface area contributed by atoms with Crippen LogP contribution in [-0.2, 0) is 6.42 Å². The van der Waals surface area contributed by atoms with Crippen LogP contribution in [-0.4, -0.2) is 30.1 Å². The standard InChI is InChI=1S/C11H20N4/c1-9(2)8-10-4-6-13-11(14-10)15(3)7-5-12/h4,6,9H,5,7-8,12H2,1-3H3. The lowest BCUT2D eigenvalue weighted by Gasteiger charge is -2.16. The van der Waals surface area contributed by atoms with Gasteiger partial charge >= 0.3 is 0 Å². The van der Waals surface area contributed by atoms with E-state index in [2.05, 4.69) is 23.8 Å². The molecule has 0 saturated carbocycles. The van der Waals surface area contributed by atoms with Crippen LogP contribution >= 0.6 is 0 Å². The maximum Gasteiger partial charge on any atom is 0.225 e. The van der Waals surface area contributed by atoms with Crippen molar-refractivity contribution in [2.45, 2.75) is 20.3 Å². The summed E-state index contributed by atoms with van der Waals surface area (Å²) >= 11 is 0. The molecule has 1 heterocycles. The lowest BCUT2D eigenvalue weighted by atomic mass is 10.1. The zero-order valence-electron chi connectivity index (χ0n) is 9.77. The third kappa shape index (κ3) is 3.83. The van der Waals surface area contributed by atoms with Crippen LogP contribution in [0.1, 0.15) is 19.5 Å². The number of aromatic nitrogens is 2. The number of nitrogens with two attached hydrogens (primary N) is 1. The smallest absolute Gasteiger partial charge is 0.225 e. The van der Waals surface area contributed by atoms with E-state index >= 15 is 0 Å². The molecule has 1 rings (SSSR count). The number of nitrogens with zero attached hydrogens (tertiary/aromatic N) is 3. The third-order valence-corrected chi connectivity index (χ3v) is 2.12. The van der Waals surface area contributed by atoms with E-state index in [0.717, 1.165) is 24.6 Å². The summed E-state index contributed by atoms with van der Waals surface area (Å²) in [5.41, 5.74) is 6.58. The van der Waals surface area contributed by atoms with Crippen LogP contribution in [0.25, 0.3) is 0 Å². The number of rotatable bonds is 5. The molecule has 1 aromatic heterocycles. The second-order valence-corrected chi connectivity index (χ2v) is 4.16. The fourth-order valence-electron chi connectivity index (χ4n) is 1.39. The van der Waals surface area contributed by atoms with Crippen LogP contribution in [0.3, 0.4) is 0 Å². The van der Waals surface area contributed by atoms with Gasteiger partial charge in [0.2, 0.25) is 5.95 Å². The Balaban J connectivity index is 2.73. The molecule has 2 N–H and O–H groups in total. The topological polar surface area (TPSA) is 55.0 Å². The van der Waals surface area contributed by atoms with Crippen LogP contribution in [0.4, 0.5) is 5.95 Å². The van der Waals surface area contributed by atoms with Gasteiger partial charge in [-0.15, -0.1) is 0 Å². The first-order chi connectivity index (χ1) is 7.13. The van der Waals surface area contributed by atoms with Crippen molar-refractivity contribution in [1.29, 1.82) is 0 Å². The molecule has 0 aliphatic heterocycles. The quantitative estimate of drug-likeness (QED) is 0.786. The highest BCUT2D eigenvalue weighted by molar-refractivity contribution is 5.28. The summed E-state index contributed by atoms with van der Waals surface area (Å²) < 4.78 is 0. The molecule has 0 unspecified atom stereocenters. The fraction of sp³-hybridized carbons (Fsp3) is 0.636. The Morgan fingerprint density at radius 2 is 2.20 bits per heavy atom. The van der Waals surface area contributed by atoms with Crippen LogP contribution in [0.2, 0.25) is 0 Å². The minimum Gasteiger partial charge on any atom is -0.343 e. The highest BCUT2D eigenvalue weighted by Crippen LogP contribution is 2.09. The Morgan fingerprint density at radius 3 is 2.80 bits per heavy atom. The van der Waals surface area contributed by atoms with Gasteiger partial charge in [-0.3, -0.25) is 0 Å². The summed E-state index contributed by atoms with van der Waals surface area (Å²) in [4.78, 5) is 10.7. The summed E-state index contributed by atoms with van der Waals surface area (Å²) in [6.07, 6.45) is 2.80. The minimum atomic E-state index is 0.618. The molecule has 4 nitrogen and oxygen atoms in total. The molecule has 0 aliphatic carbocycles. The molecule has 0 bridgehead atoms. The molecular formula is C11H20N4. The van der Waals surface area contributed by atoms with Crippen molar-refractivity contribution in [3.05, 3.63) is 18.0 Å². The molecular weight excluding hydrogens is 188 g/mol. The number of likely N-dealkylation sites (N-methyl/N-ethyl adjacent to an activating group) is 1. The van der Waals surface area contributed by atoms with Gasteiger partial charge in [-0.05, 0) is 18.4 Å². The molecule has 0 saturated heterocycles. The van der Waals surface area contributed by atoms with Crippen LogP contribution in [0, 0.1) is 5.92 Å². The number of hydrogen-bond acceptors (Lipinski definition) is 4. The van der Waals surface area contributed by atoms with Gasteiger partial charge < -0.3 is 10.6 Å². The van der Waals surface area contributed by atoms with Gasteiger partial charge in [-0.1, -0.05) is 13.8 Å². The fourth-order valence-corrected chi connectivity index (χ4v) is 1.39. The SMILES string of the molecule is CC(C)Cc1ccnc(N(C)CCN)n1. The van der Waals surface area contributed by atoms with E-state index in [4.69, 9.17) is 5.73 Å². The molecule has 0 aromatic carbocycles. The van der Waals surface area contributed by atoms with E-state index in [1.165, 1.54) is 0 Å². The first-order valence-electron chi connectivity index (χ1n) is 5.36. The Bertz CT molecular complexity index is 298. The Labute approximate surface area is 91.5 Å². The summed E-state index contributed by atoms with van der Waals surface area (Å²) in [7, 11) is 1.96.